The van der Waals surface area contributed by atoms with E-state index < -0.39 is 0 Å². The van der Waals surface area contributed by atoms with Crippen molar-refractivity contribution in [2.45, 2.75) is 32.2 Å². The normalized spacial score (nSPS) is 15.5. The number of likely N-dealkylation sites (tertiary alicyclic amines) is 1. The van der Waals surface area contributed by atoms with E-state index in [0.717, 1.165) is 29.0 Å². The molecule has 0 saturated carbocycles. The van der Waals surface area contributed by atoms with Crippen LogP contribution in [0.15, 0.2) is 72.2 Å². The molecule has 0 bridgehead atoms. The van der Waals surface area contributed by atoms with Crippen LogP contribution in [0.2, 0.25) is 0 Å². The second-order valence-electron chi connectivity index (χ2n) is 8.43. The third-order valence-electron chi connectivity index (χ3n) is 6.38. The van der Waals surface area contributed by atoms with Crippen LogP contribution in [-0.2, 0) is 0 Å². The number of carbonyl (C=O) groups is 1. The quantitative estimate of drug-likeness (QED) is 0.372. The fourth-order valence-corrected chi connectivity index (χ4v) is 5.23. The third-order valence-corrected chi connectivity index (χ3v) is 7.19. The lowest BCUT2D eigenvalue weighted by molar-refractivity contribution is 0.102. The largest absolute Gasteiger partial charge is 0.322 e. The average molecular weight is 442 g/mol. The molecule has 1 aromatic heterocycles. The van der Waals surface area contributed by atoms with Gasteiger partial charge in [-0.1, -0.05) is 42.8 Å². The van der Waals surface area contributed by atoms with Crippen LogP contribution < -0.4 is 5.32 Å². The summed E-state index contributed by atoms with van der Waals surface area (Å²) in [6.45, 7) is 4.49. The number of nitrogens with zero attached hydrogens (tertiary/aromatic N) is 2. The monoisotopic (exact) mass is 441 g/mol. The lowest BCUT2D eigenvalue weighted by atomic mass is 9.92. The molecule has 1 saturated heterocycles. The van der Waals surface area contributed by atoms with E-state index in [4.69, 9.17) is 0 Å². The van der Waals surface area contributed by atoms with Gasteiger partial charge in [-0.3, -0.25) is 9.69 Å². The van der Waals surface area contributed by atoms with Crippen molar-refractivity contribution in [3.05, 3.63) is 83.4 Å². The number of thiazole rings is 1. The van der Waals surface area contributed by atoms with Gasteiger partial charge in [-0.05, 0) is 79.9 Å². The second-order valence-corrected chi connectivity index (χ2v) is 9.32. The first-order chi connectivity index (χ1) is 15.7. The molecule has 2 heterocycles. The average Bonchev–Trinajstić information content (AvgIpc) is 3.32. The number of fused-ring (bicyclic) bond motifs is 1. The molecular formula is C27H27N3OS. The Labute approximate surface area is 192 Å². The van der Waals surface area contributed by atoms with Crippen molar-refractivity contribution in [2.75, 3.05) is 18.4 Å². The van der Waals surface area contributed by atoms with E-state index >= 15 is 0 Å². The molecule has 1 N–H and O–H groups in total. The van der Waals surface area contributed by atoms with Gasteiger partial charge in [0.25, 0.3) is 5.91 Å². The smallest absolute Gasteiger partial charge is 0.255 e. The lowest BCUT2D eigenvalue weighted by Gasteiger charge is -2.34. The highest BCUT2D eigenvalue weighted by Crippen LogP contribution is 2.34. The van der Waals surface area contributed by atoms with Gasteiger partial charge in [0.15, 0.2) is 0 Å². The van der Waals surface area contributed by atoms with Crippen molar-refractivity contribution in [3.63, 3.8) is 0 Å². The van der Waals surface area contributed by atoms with Crippen LogP contribution >= 0.6 is 11.3 Å². The highest BCUT2D eigenvalue weighted by molar-refractivity contribution is 7.16. The van der Waals surface area contributed by atoms with Crippen molar-refractivity contribution in [1.82, 2.24) is 9.88 Å². The standard InChI is InChI=1S/C27H27N3OS/c1-19(30-14-6-3-7-15-30)24-16-21(10-12-23(24)20-8-4-2-5-9-20)27(31)29-22-11-13-26-25(17-22)28-18-32-26/h2,4-5,8-13,16-19H,3,6-7,14-15H2,1H3,(H,29,31). The van der Waals surface area contributed by atoms with Crippen LogP contribution in [0.3, 0.4) is 0 Å². The Morgan fingerprint density at radius 3 is 2.62 bits per heavy atom. The summed E-state index contributed by atoms with van der Waals surface area (Å²) >= 11 is 1.60. The number of aromatic nitrogens is 1. The van der Waals surface area contributed by atoms with Gasteiger partial charge in [0.1, 0.15) is 0 Å². The van der Waals surface area contributed by atoms with E-state index in [2.05, 4.69) is 58.5 Å². The maximum atomic E-state index is 13.1. The predicted molar refractivity (Wildman–Crippen MR) is 133 cm³/mol. The minimum Gasteiger partial charge on any atom is -0.322 e. The number of anilines is 1. The van der Waals surface area contributed by atoms with Gasteiger partial charge in [-0.15, -0.1) is 11.3 Å². The molecule has 0 radical (unpaired) electrons. The summed E-state index contributed by atoms with van der Waals surface area (Å²) in [6.07, 6.45) is 3.79. The molecule has 1 atom stereocenters. The molecule has 4 nitrogen and oxygen atoms in total. The summed E-state index contributed by atoms with van der Waals surface area (Å²) in [6, 6.07) is 22.7. The lowest BCUT2D eigenvalue weighted by Crippen LogP contribution is -2.32. The van der Waals surface area contributed by atoms with E-state index in [1.807, 2.05) is 35.8 Å². The van der Waals surface area contributed by atoms with Gasteiger partial charge in [-0.25, -0.2) is 4.98 Å². The molecule has 0 aliphatic carbocycles. The number of hydrogen-bond donors (Lipinski definition) is 1. The molecule has 1 aliphatic heterocycles. The first kappa shape index (κ1) is 20.9. The highest BCUT2D eigenvalue weighted by atomic mass is 32.1. The van der Waals surface area contributed by atoms with Gasteiger partial charge in [0.2, 0.25) is 0 Å². The van der Waals surface area contributed by atoms with Crippen LogP contribution in [0.25, 0.3) is 21.3 Å². The van der Waals surface area contributed by atoms with E-state index in [1.165, 1.54) is 36.0 Å². The van der Waals surface area contributed by atoms with E-state index in [-0.39, 0.29) is 11.9 Å². The molecule has 162 valence electrons. The molecule has 0 spiro atoms. The molecule has 3 aromatic carbocycles. The Kier molecular flexibility index (Phi) is 6.02. The van der Waals surface area contributed by atoms with E-state index in [9.17, 15) is 4.79 Å². The fraction of sp³-hybridized carbons (Fsp3) is 0.259. The molecule has 5 rings (SSSR count). The van der Waals surface area contributed by atoms with Crippen LogP contribution in [0, 0.1) is 0 Å². The summed E-state index contributed by atoms with van der Waals surface area (Å²) in [4.78, 5) is 20.0. The van der Waals surface area contributed by atoms with E-state index in [0.29, 0.717) is 5.56 Å². The Bertz CT molecular complexity index is 1230. The topological polar surface area (TPSA) is 45.2 Å². The minimum absolute atomic E-state index is 0.0914. The van der Waals surface area contributed by atoms with Crippen molar-refractivity contribution in [3.8, 4) is 11.1 Å². The number of nitrogens with one attached hydrogen (secondary N) is 1. The summed E-state index contributed by atoms with van der Waals surface area (Å²) in [5.74, 6) is -0.0914. The molecule has 32 heavy (non-hydrogen) atoms. The van der Waals surface area contributed by atoms with Gasteiger partial charge >= 0.3 is 0 Å². The molecule has 1 aliphatic rings. The van der Waals surface area contributed by atoms with Crippen LogP contribution in [0.5, 0.6) is 0 Å². The van der Waals surface area contributed by atoms with Crippen molar-refractivity contribution in [2.24, 2.45) is 0 Å². The Morgan fingerprint density at radius 1 is 1.00 bits per heavy atom. The molecule has 1 fully saturated rings. The zero-order chi connectivity index (χ0) is 21.9. The van der Waals surface area contributed by atoms with Gasteiger partial charge in [0.05, 0.1) is 15.7 Å². The van der Waals surface area contributed by atoms with Gasteiger partial charge in [-0.2, -0.15) is 0 Å². The summed E-state index contributed by atoms with van der Waals surface area (Å²) in [5, 5.41) is 3.06. The summed E-state index contributed by atoms with van der Waals surface area (Å²) in [7, 11) is 0. The summed E-state index contributed by atoms with van der Waals surface area (Å²) in [5.41, 5.74) is 7.78. The van der Waals surface area contributed by atoms with Gasteiger partial charge < -0.3 is 5.32 Å². The maximum absolute atomic E-state index is 13.1. The zero-order valence-electron chi connectivity index (χ0n) is 18.3. The van der Waals surface area contributed by atoms with Crippen molar-refractivity contribution < 1.29 is 4.79 Å². The van der Waals surface area contributed by atoms with E-state index in [1.54, 1.807) is 11.3 Å². The number of amides is 1. The first-order valence-electron chi connectivity index (χ1n) is 11.3. The molecular weight excluding hydrogens is 414 g/mol. The first-order valence-corrected chi connectivity index (χ1v) is 12.1. The fourth-order valence-electron chi connectivity index (χ4n) is 4.57. The zero-order valence-corrected chi connectivity index (χ0v) is 19.1. The number of rotatable bonds is 5. The van der Waals surface area contributed by atoms with Crippen molar-refractivity contribution >= 4 is 33.1 Å². The Morgan fingerprint density at radius 2 is 1.81 bits per heavy atom. The van der Waals surface area contributed by atoms with Crippen LogP contribution in [0.4, 0.5) is 5.69 Å². The maximum Gasteiger partial charge on any atom is 0.255 e. The Hall–Kier alpha value is -3.02. The van der Waals surface area contributed by atoms with Gasteiger partial charge in [0, 0.05) is 17.3 Å². The second kappa shape index (κ2) is 9.23. The number of benzene rings is 3. The molecule has 4 aromatic rings. The minimum atomic E-state index is -0.0914. The number of carbonyl (C=O) groups excluding carboxylic acids is 1. The third kappa shape index (κ3) is 4.31. The number of hydrogen-bond acceptors (Lipinski definition) is 4. The van der Waals surface area contributed by atoms with Crippen LogP contribution in [-0.4, -0.2) is 28.9 Å². The van der Waals surface area contributed by atoms with Crippen molar-refractivity contribution in [1.29, 1.82) is 0 Å². The Balaban J connectivity index is 1.47. The number of piperidine rings is 1. The summed E-state index contributed by atoms with van der Waals surface area (Å²) < 4.78 is 1.12. The SMILES string of the molecule is CC(c1cc(C(=O)Nc2ccc3scnc3c2)ccc1-c1ccccc1)N1CCCCC1. The van der Waals surface area contributed by atoms with Crippen LogP contribution in [0.1, 0.15) is 48.1 Å². The predicted octanol–water partition coefficient (Wildman–Crippen LogP) is 6.76. The highest BCUT2D eigenvalue weighted by Gasteiger charge is 2.22. The molecule has 1 unspecified atom stereocenters. The molecule has 5 heteroatoms. The molecule has 1 amide bonds.